The smallest absolute Gasteiger partial charge is 0.275 e. The van der Waals surface area contributed by atoms with E-state index >= 15 is 0 Å². The van der Waals surface area contributed by atoms with Gasteiger partial charge < -0.3 is 10.2 Å². The van der Waals surface area contributed by atoms with Gasteiger partial charge in [0.2, 0.25) is 0 Å². The molecule has 0 spiro atoms. The number of hydrogen-bond donors (Lipinski definition) is 2. The van der Waals surface area contributed by atoms with Crippen LogP contribution in [0.1, 0.15) is 52.9 Å². The van der Waals surface area contributed by atoms with Crippen LogP contribution in [-0.4, -0.2) is 31.1 Å². The Morgan fingerprint density at radius 2 is 1.79 bits per heavy atom. The Balaban J connectivity index is 1.66. The van der Waals surface area contributed by atoms with Crippen LogP contribution in [0, 0.1) is 17.3 Å². The lowest BCUT2D eigenvalue weighted by molar-refractivity contribution is -0.879. The second kappa shape index (κ2) is 4.47. The van der Waals surface area contributed by atoms with Crippen molar-refractivity contribution in [3.63, 3.8) is 0 Å². The van der Waals surface area contributed by atoms with Crippen molar-refractivity contribution < 1.29 is 9.69 Å². The van der Waals surface area contributed by atoms with E-state index in [-0.39, 0.29) is 16.9 Å². The predicted octanol–water partition coefficient (Wildman–Crippen LogP) is 0.996. The lowest BCUT2D eigenvalue weighted by Gasteiger charge is -2.48. The molecule has 1 heterocycles. The summed E-state index contributed by atoms with van der Waals surface area (Å²) >= 11 is 0. The fourth-order valence-electron chi connectivity index (χ4n) is 4.99. The third-order valence-corrected chi connectivity index (χ3v) is 6.73. The molecule has 19 heavy (non-hydrogen) atoms. The Hall–Kier alpha value is -0.570. The molecule has 108 valence electrons. The first-order valence-corrected chi connectivity index (χ1v) is 8.08. The highest BCUT2D eigenvalue weighted by molar-refractivity contribution is 5.78. The first kappa shape index (κ1) is 13.4. The van der Waals surface area contributed by atoms with E-state index in [1.165, 1.54) is 50.1 Å². The SMILES string of the molecule is CC1(C)[C@H]2CC[C@@H](C2)[C@@]1(C)NC(=O)C[NH+]1CCCC1. The van der Waals surface area contributed by atoms with Gasteiger partial charge in [-0.1, -0.05) is 13.8 Å². The van der Waals surface area contributed by atoms with Crippen LogP contribution >= 0.6 is 0 Å². The molecule has 3 aliphatic rings. The maximum Gasteiger partial charge on any atom is 0.275 e. The maximum absolute atomic E-state index is 12.4. The average Bonchev–Trinajstić information content (AvgIpc) is 2.99. The largest absolute Gasteiger partial charge is 0.345 e. The molecule has 3 heteroatoms. The molecule has 1 amide bonds. The van der Waals surface area contributed by atoms with E-state index in [9.17, 15) is 4.79 Å². The van der Waals surface area contributed by atoms with Gasteiger partial charge in [-0.05, 0) is 43.4 Å². The number of hydrogen-bond acceptors (Lipinski definition) is 1. The van der Waals surface area contributed by atoms with E-state index in [0.717, 1.165) is 5.92 Å². The molecule has 0 unspecified atom stereocenters. The van der Waals surface area contributed by atoms with E-state index in [1.807, 2.05) is 0 Å². The van der Waals surface area contributed by atoms with Crippen LogP contribution < -0.4 is 10.2 Å². The van der Waals surface area contributed by atoms with E-state index in [2.05, 4.69) is 26.1 Å². The molecule has 0 aromatic rings. The van der Waals surface area contributed by atoms with Crippen molar-refractivity contribution in [1.29, 1.82) is 0 Å². The monoisotopic (exact) mass is 265 g/mol. The van der Waals surface area contributed by atoms with Crippen LogP contribution in [0.5, 0.6) is 0 Å². The minimum absolute atomic E-state index is 0.0200. The number of likely N-dealkylation sites (tertiary alicyclic amines) is 1. The molecular formula is C16H29N2O+. The molecule has 2 bridgehead atoms. The van der Waals surface area contributed by atoms with Crippen molar-refractivity contribution >= 4 is 5.91 Å². The zero-order valence-electron chi connectivity index (χ0n) is 12.7. The molecule has 3 nitrogen and oxygen atoms in total. The molecule has 2 N–H and O–H groups in total. The summed E-state index contributed by atoms with van der Waals surface area (Å²) in [5, 5.41) is 3.44. The summed E-state index contributed by atoms with van der Waals surface area (Å²) in [7, 11) is 0. The lowest BCUT2D eigenvalue weighted by atomic mass is 9.64. The highest BCUT2D eigenvalue weighted by atomic mass is 16.2. The van der Waals surface area contributed by atoms with E-state index in [4.69, 9.17) is 0 Å². The number of quaternary nitrogens is 1. The number of amides is 1. The fraction of sp³-hybridized carbons (Fsp3) is 0.938. The Morgan fingerprint density at radius 3 is 2.37 bits per heavy atom. The second-order valence-electron chi connectivity index (χ2n) is 7.81. The highest BCUT2D eigenvalue weighted by Crippen LogP contribution is 2.61. The fourth-order valence-corrected chi connectivity index (χ4v) is 4.99. The van der Waals surface area contributed by atoms with E-state index in [0.29, 0.717) is 12.5 Å². The minimum Gasteiger partial charge on any atom is -0.345 e. The summed E-state index contributed by atoms with van der Waals surface area (Å²) in [6.07, 6.45) is 6.56. The van der Waals surface area contributed by atoms with Crippen molar-refractivity contribution in [3.8, 4) is 0 Å². The van der Waals surface area contributed by atoms with Crippen LogP contribution in [0.2, 0.25) is 0 Å². The predicted molar refractivity (Wildman–Crippen MR) is 76.0 cm³/mol. The average molecular weight is 265 g/mol. The Bertz CT molecular complexity index is 373. The van der Waals surface area contributed by atoms with Gasteiger partial charge in [-0.2, -0.15) is 0 Å². The molecule has 1 saturated heterocycles. The van der Waals surface area contributed by atoms with Crippen molar-refractivity contribution in [3.05, 3.63) is 0 Å². The summed E-state index contributed by atoms with van der Waals surface area (Å²) in [4.78, 5) is 13.9. The topological polar surface area (TPSA) is 33.5 Å². The Labute approximate surface area is 117 Å². The molecule has 2 aliphatic carbocycles. The van der Waals surface area contributed by atoms with E-state index in [1.54, 1.807) is 0 Å². The van der Waals surface area contributed by atoms with E-state index < -0.39 is 0 Å². The van der Waals surface area contributed by atoms with Crippen LogP contribution in [0.15, 0.2) is 0 Å². The molecule has 1 aliphatic heterocycles. The van der Waals surface area contributed by atoms with Crippen molar-refractivity contribution in [1.82, 2.24) is 5.32 Å². The van der Waals surface area contributed by atoms with Gasteiger partial charge in [0.05, 0.1) is 13.1 Å². The Kier molecular flexibility index (Phi) is 3.16. The van der Waals surface area contributed by atoms with Crippen LogP contribution in [0.3, 0.4) is 0 Å². The zero-order valence-corrected chi connectivity index (χ0v) is 12.7. The van der Waals surface area contributed by atoms with Gasteiger partial charge in [-0.15, -0.1) is 0 Å². The molecule has 3 rings (SSSR count). The van der Waals surface area contributed by atoms with Crippen molar-refractivity contribution in [2.24, 2.45) is 17.3 Å². The van der Waals surface area contributed by atoms with Gasteiger partial charge in [-0.3, -0.25) is 4.79 Å². The van der Waals surface area contributed by atoms with Gasteiger partial charge in [-0.25, -0.2) is 0 Å². The van der Waals surface area contributed by atoms with Crippen LogP contribution in [-0.2, 0) is 4.79 Å². The first-order valence-electron chi connectivity index (χ1n) is 8.08. The van der Waals surface area contributed by atoms with Gasteiger partial charge in [0.1, 0.15) is 0 Å². The van der Waals surface area contributed by atoms with Crippen LogP contribution in [0.25, 0.3) is 0 Å². The third-order valence-electron chi connectivity index (χ3n) is 6.73. The molecule has 0 radical (unpaired) electrons. The third kappa shape index (κ3) is 2.01. The summed E-state index contributed by atoms with van der Waals surface area (Å²) in [5.41, 5.74) is 0.276. The number of carbonyl (C=O) groups is 1. The second-order valence-corrected chi connectivity index (χ2v) is 7.81. The number of nitrogens with one attached hydrogen (secondary N) is 2. The summed E-state index contributed by atoms with van der Waals surface area (Å²) in [5.74, 6) is 1.78. The molecule has 2 saturated carbocycles. The summed E-state index contributed by atoms with van der Waals surface area (Å²) < 4.78 is 0. The standard InChI is InChI=1S/C16H28N2O/c1-15(2)12-6-7-13(10-12)16(15,3)17-14(19)11-18-8-4-5-9-18/h12-13H,4-11H2,1-3H3,(H,17,19)/p+1/t12-,13-,16+/m0/s1. The Morgan fingerprint density at radius 1 is 1.16 bits per heavy atom. The highest BCUT2D eigenvalue weighted by Gasteiger charge is 2.60. The van der Waals surface area contributed by atoms with Crippen LogP contribution in [0.4, 0.5) is 0 Å². The zero-order chi connectivity index (χ0) is 13.7. The van der Waals surface area contributed by atoms with Gasteiger partial charge in [0, 0.05) is 18.4 Å². The molecule has 3 atom stereocenters. The number of fused-ring (bicyclic) bond motifs is 2. The summed E-state index contributed by atoms with van der Waals surface area (Å²) in [6.45, 7) is 10.1. The maximum atomic E-state index is 12.4. The minimum atomic E-state index is 0.0200. The molecule has 0 aromatic carbocycles. The normalized spacial score (nSPS) is 40.8. The van der Waals surface area contributed by atoms with Gasteiger partial charge >= 0.3 is 0 Å². The quantitative estimate of drug-likeness (QED) is 0.784. The first-order chi connectivity index (χ1) is 8.93. The number of carbonyl (C=O) groups excluding carboxylic acids is 1. The van der Waals surface area contributed by atoms with Crippen molar-refractivity contribution in [2.75, 3.05) is 19.6 Å². The van der Waals surface area contributed by atoms with Gasteiger partial charge in [0.25, 0.3) is 5.91 Å². The molecule has 3 fully saturated rings. The van der Waals surface area contributed by atoms with Crippen molar-refractivity contribution in [2.45, 2.75) is 58.4 Å². The molecular weight excluding hydrogens is 236 g/mol. The van der Waals surface area contributed by atoms with Gasteiger partial charge in [0.15, 0.2) is 6.54 Å². The number of rotatable bonds is 3. The lowest BCUT2D eigenvalue weighted by Crippen LogP contribution is -3.11. The molecule has 0 aromatic heterocycles. The summed E-state index contributed by atoms with van der Waals surface area (Å²) in [6, 6.07) is 0.